The largest absolute Gasteiger partial charge is 0.489 e. The lowest BCUT2D eigenvalue weighted by atomic mass is 10.1. The van der Waals surface area contributed by atoms with Gasteiger partial charge < -0.3 is 15.8 Å². The van der Waals surface area contributed by atoms with E-state index in [0.717, 1.165) is 5.69 Å². The highest BCUT2D eigenvalue weighted by atomic mass is 127. The van der Waals surface area contributed by atoms with Gasteiger partial charge in [0.1, 0.15) is 17.7 Å². The molecule has 0 radical (unpaired) electrons. The second-order valence-corrected chi connectivity index (χ2v) is 5.54. The van der Waals surface area contributed by atoms with E-state index in [1.807, 2.05) is 32.0 Å². The maximum atomic E-state index is 13.1. The third-order valence-corrected chi connectivity index (χ3v) is 3.43. The molecule has 1 unspecified atom stereocenters. The fourth-order valence-corrected chi connectivity index (χ4v) is 2.04. The average molecular weight is 443 g/mol. The van der Waals surface area contributed by atoms with Crippen LogP contribution in [0.3, 0.4) is 0 Å². The van der Waals surface area contributed by atoms with E-state index < -0.39 is 0 Å². The lowest BCUT2D eigenvalue weighted by Gasteiger charge is -2.13. The summed E-state index contributed by atoms with van der Waals surface area (Å²) in [5, 5.41) is 3.05. The Morgan fingerprint density at radius 1 is 1.21 bits per heavy atom. The highest BCUT2D eigenvalue weighted by Crippen LogP contribution is 2.15. The quantitative estimate of drug-likeness (QED) is 0.413. The Bertz CT molecular complexity index is 706. The fraction of sp³-hybridized carbons (Fsp3) is 0.278. The summed E-state index contributed by atoms with van der Waals surface area (Å²) in [4.78, 5) is 4.25. The highest BCUT2D eigenvalue weighted by Gasteiger charge is 2.05. The molecule has 0 saturated heterocycles. The molecule has 2 rings (SSSR count). The standard InChI is InChI=1S/C18H22FN3O.HI/c1-12-7-8-16(9-13(12)2)22-18(20)21-11-14(3)23-17-6-4-5-15(19)10-17;/h4-10,14H,11H2,1-3H3,(H3,20,21,22);1H. The molecule has 1 atom stereocenters. The van der Waals surface area contributed by atoms with Crippen LogP contribution in [-0.2, 0) is 0 Å². The first-order valence-corrected chi connectivity index (χ1v) is 7.50. The van der Waals surface area contributed by atoms with Gasteiger partial charge in [-0.05, 0) is 56.2 Å². The maximum absolute atomic E-state index is 13.1. The molecule has 2 aromatic carbocycles. The van der Waals surface area contributed by atoms with E-state index in [4.69, 9.17) is 10.5 Å². The van der Waals surface area contributed by atoms with Crippen LogP contribution in [0, 0.1) is 19.7 Å². The van der Waals surface area contributed by atoms with Crippen molar-refractivity contribution in [3.05, 3.63) is 59.4 Å². The second kappa shape index (κ2) is 9.46. The van der Waals surface area contributed by atoms with Gasteiger partial charge >= 0.3 is 0 Å². The number of hydrogen-bond acceptors (Lipinski definition) is 2. The minimum absolute atomic E-state index is 0. The summed E-state index contributed by atoms with van der Waals surface area (Å²) in [6.45, 7) is 6.34. The summed E-state index contributed by atoms with van der Waals surface area (Å²) in [5.41, 5.74) is 9.19. The number of nitrogens with two attached hydrogens (primary N) is 1. The van der Waals surface area contributed by atoms with Gasteiger partial charge in [0.2, 0.25) is 0 Å². The fourth-order valence-electron chi connectivity index (χ4n) is 2.04. The van der Waals surface area contributed by atoms with Crippen LogP contribution in [0.5, 0.6) is 5.75 Å². The molecule has 3 N–H and O–H groups in total. The summed E-state index contributed by atoms with van der Waals surface area (Å²) in [6, 6.07) is 12.0. The summed E-state index contributed by atoms with van der Waals surface area (Å²) in [5.74, 6) is 0.477. The van der Waals surface area contributed by atoms with Gasteiger partial charge in [0.15, 0.2) is 5.96 Å². The molecule has 24 heavy (non-hydrogen) atoms. The van der Waals surface area contributed by atoms with E-state index in [2.05, 4.69) is 17.2 Å². The number of rotatable bonds is 5. The number of ether oxygens (including phenoxy) is 1. The SMILES string of the molecule is Cc1ccc(NC(N)=NCC(C)Oc2cccc(F)c2)cc1C.I. The van der Waals surface area contributed by atoms with Gasteiger partial charge in [-0.3, -0.25) is 0 Å². The van der Waals surface area contributed by atoms with Gasteiger partial charge in [-0.25, -0.2) is 9.38 Å². The van der Waals surface area contributed by atoms with Crippen molar-refractivity contribution in [3.8, 4) is 5.75 Å². The van der Waals surface area contributed by atoms with E-state index in [1.165, 1.54) is 23.3 Å². The van der Waals surface area contributed by atoms with Gasteiger partial charge in [-0.2, -0.15) is 0 Å². The molecule has 6 heteroatoms. The maximum Gasteiger partial charge on any atom is 0.193 e. The number of aryl methyl sites for hydroxylation is 2. The van der Waals surface area contributed by atoms with Crippen LogP contribution in [0.1, 0.15) is 18.1 Å². The number of halogens is 2. The number of anilines is 1. The van der Waals surface area contributed by atoms with Crippen molar-refractivity contribution in [1.29, 1.82) is 0 Å². The lowest BCUT2D eigenvalue weighted by Crippen LogP contribution is -2.25. The number of nitrogens with zero attached hydrogens (tertiary/aromatic N) is 1. The van der Waals surface area contributed by atoms with E-state index in [0.29, 0.717) is 18.3 Å². The van der Waals surface area contributed by atoms with E-state index in [1.54, 1.807) is 12.1 Å². The zero-order valence-corrected chi connectivity index (χ0v) is 16.4. The van der Waals surface area contributed by atoms with Gasteiger partial charge in [-0.1, -0.05) is 12.1 Å². The Morgan fingerprint density at radius 2 is 1.96 bits per heavy atom. The minimum Gasteiger partial charge on any atom is -0.489 e. The first-order chi connectivity index (χ1) is 10.9. The minimum atomic E-state index is -0.325. The van der Waals surface area contributed by atoms with Crippen LogP contribution in [-0.4, -0.2) is 18.6 Å². The molecule has 0 saturated carbocycles. The number of hydrogen-bond donors (Lipinski definition) is 2. The van der Waals surface area contributed by atoms with Crippen LogP contribution in [0.25, 0.3) is 0 Å². The first kappa shape index (κ1) is 20.2. The molecule has 2 aromatic rings. The van der Waals surface area contributed by atoms with Crippen LogP contribution in [0.4, 0.5) is 10.1 Å². The lowest BCUT2D eigenvalue weighted by molar-refractivity contribution is 0.229. The summed E-state index contributed by atoms with van der Waals surface area (Å²) >= 11 is 0. The second-order valence-electron chi connectivity index (χ2n) is 5.54. The Kier molecular flexibility index (Phi) is 7.97. The van der Waals surface area contributed by atoms with Crippen LogP contribution < -0.4 is 15.8 Å². The molecule has 0 fully saturated rings. The number of benzene rings is 2. The molecule has 0 aromatic heterocycles. The highest BCUT2D eigenvalue weighted by molar-refractivity contribution is 14.0. The van der Waals surface area contributed by atoms with Crippen molar-refractivity contribution in [2.45, 2.75) is 26.9 Å². The van der Waals surface area contributed by atoms with Crippen molar-refractivity contribution >= 4 is 35.6 Å². The predicted molar refractivity (Wildman–Crippen MR) is 108 cm³/mol. The Hall–Kier alpha value is -1.83. The molecule has 0 aliphatic rings. The first-order valence-electron chi connectivity index (χ1n) is 7.50. The molecule has 130 valence electrons. The molecular weight excluding hydrogens is 420 g/mol. The third-order valence-electron chi connectivity index (χ3n) is 3.43. The monoisotopic (exact) mass is 443 g/mol. The molecule has 0 bridgehead atoms. The van der Waals surface area contributed by atoms with Gasteiger partial charge in [0.05, 0.1) is 6.54 Å². The van der Waals surface area contributed by atoms with E-state index >= 15 is 0 Å². The molecule has 0 heterocycles. The Labute approximate surface area is 159 Å². The van der Waals surface area contributed by atoms with Crippen LogP contribution in [0.2, 0.25) is 0 Å². The summed E-state index contributed by atoms with van der Waals surface area (Å²) in [6.07, 6.45) is -0.211. The van der Waals surface area contributed by atoms with Crippen molar-refractivity contribution in [2.24, 2.45) is 10.7 Å². The number of nitrogens with one attached hydrogen (secondary N) is 1. The molecule has 0 amide bonds. The van der Waals surface area contributed by atoms with Crippen molar-refractivity contribution in [3.63, 3.8) is 0 Å². The van der Waals surface area contributed by atoms with Crippen LogP contribution in [0.15, 0.2) is 47.5 Å². The van der Waals surface area contributed by atoms with Gasteiger partial charge in [-0.15, -0.1) is 24.0 Å². The average Bonchev–Trinajstić information content (AvgIpc) is 2.49. The van der Waals surface area contributed by atoms with Crippen molar-refractivity contribution in [1.82, 2.24) is 0 Å². The number of guanidine groups is 1. The normalized spacial score (nSPS) is 12.2. The smallest absolute Gasteiger partial charge is 0.193 e. The van der Waals surface area contributed by atoms with Gasteiger partial charge in [0.25, 0.3) is 0 Å². The third kappa shape index (κ3) is 6.35. The molecule has 4 nitrogen and oxygen atoms in total. The Balaban J connectivity index is 0.00000288. The van der Waals surface area contributed by atoms with E-state index in [9.17, 15) is 4.39 Å². The summed E-state index contributed by atoms with van der Waals surface area (Å²) in [7, 11) is 0. The van der Waals surface area contributed by atoms with Crippen molar-refractivity contribution < 1.29 is 9.13 Å². The molecular formula is C18H23FIN3O. The van der Waals surface area contributed by atoms with E-state index in [-0.39, 0.29) is 35.9 Å². The molecule has 0 aliphatic heterocycles. The van der Waals surface area contributed by atoms with Gasteiger partial charge in [0, 0.05) is 11.8 Å². The Morgan fingerprint density at radius 3 is 2.62 bits per heavy atom. The zero-order chi connectivity index (χ0) is 16.8. The van der Waals surface area contributed by atoms with Crippen LogP contribution >= 0.6 is 24.0 Å². The summed E-state index contributed by atoms with van der Waals surface area (Å²) < 4.78 is 18.7. The molecule has 0 aliphatic carbocycles. The number of aliphatic imine (C=N–C) groups is 1. The predicted octanol–water partition coefficient (Wildman–Crippen LogP) is 4.25. The van der Waals surface area contributed by atoms with Crippen molar-refractivity contribution in [2.75, 3.05) is 11.9 Å². The topological polar surface area (TPSA) is 59.6 Å². The zero-order valence-electron chi connectivity index (χ0n) is 14.0. The molecule has 0 spiro atoms.